The van der Waals surface area contributed by atoms with Crippen LogP contribution in [-0.4, -0.2) is 42.8 Å². The summed E-state index contributed by atoms with van der Waals surface area (Å²) in [6, 6.07) is 4.81. The molecule has 1 N–H and O–H groups in total. The number of hydrogen-bond acceptors (Lipinski definition) is 4. The Morgan fingerprint density at radius 2 is 2.08 bits per heavy atom. The van der Waals surface area contributed by atoms with Gasteiger partial charge in [0.1, 0.15) is 11.4 Å². The first kappa shape index (κ1) is 18.4. The molecule has 0 aromatic heterocycles. The highest BCUT2D eigenvalue weighted by Gasteiger charge is 2.31. The molecule has 0 spiro atoms. The molecule has 1 aromatic rings. The molecule has 0 aliphatic carbocycles. The smallest absolute Gasteiger partial charge is 0.410 e. The zero-order valence-corrected chi connectivity index (χ0v) is 14.4. The molecule has 2 rings (SSSR count). The average Bonchev–Trinajstić information content (AvgIpc) is 2.47. The van der Waals surface area contributed by atoms with Crippen molar-refractivity contribution in [2.75, 3.05) is 19.6 Å². The van der Waals surface area contributed by atoms with Crippen LogP contribution in [-0.2, 0) is 4.74 Å². The van der Waals surface area contributed by atoms with Gasteiger partial charge in [0.2, 0.25) is 0 Å². The largest absolute Gasteiger partial charge is 0.444 e. The number of nitrogens with one attached hydrogen (secondary N) is 1. The number of carbonyl (C=O) groups is 1. The molecule has 1 aliphatic rings. The van der Waals surface area contributed by atoms with Crippen LogP contribution in [0.15, 0.2) is 18.2 Å². The lowest BCUT2D eigenvalue weighted by Gasteiger charge is -2.37. The van der Waals surface area contributed by atoms with Gasteiger partial charge in [-0.2, -0.15) is 8.78 Å². The van der Waals surface area contributed by atoms with E-state index in [0.717, 1.165) is 5.56 Å². The van der Waals surface area contributed by atoms with Crippen molar-refractivity contribution in [1.29, 1.82) is 0 Å². The maximum absolute atomic E-state index is 12.5. The molecule has 1 saturated heterocycles. The molecule has 134 valence electrons. The second kappa shape index (κ2) is 7.34. The van der Waals surface area contributed by atoms with Gasteiger partial charge < -0.3 is 14.8 Å². The predicted molar refractivity (Wildman–Crippen MR) is 86.4 cm³/mol. The number of benzene rings is 1. The fourth-order valence-corrected chi connectivity index (χ4v) is 2.59. The van der Waals surface area contributed by atoms with Gasteiger partial charge in [0.05, 0.1) is 6.04 Å². The van der Waals surface area contributed by atoms with Gasteiger partial charge in [-0.25, -0.2) is 4.79 Å². The van der Waals surface area contributed by atoms with Crippen LogP contribution in [0.25, 0.3) is 0 Å². The Balaban J connectivity index is 2.25. The van der Waals surface area contributed by atoms with Crippen molar-refractivity contribution >= 4 is 6.09 Å². The molecular weight excluding hydrogens is 318 g/mol. The van der Waals surface area contributed by atoms with Crippen molar-refractivity contribution in [3.63, 3.8) is 0 Å². The van der Waals surface area contributed by atoms with E-state index in [1.54, 1.807) is 24.0 Å². The number of hydrogen-bond donors (Lipinski definition) is 1. The Morgan fingerprint density at radius 3 is 2.71 bits per heavy atom. The van der Waals surface area contributed by atoms with Crippen LogP contribution in [0.3, 0.4) is 0 Å². The van der Waals surface area contributed by atoms with Gasteiger partial charge in [-0.05, 0) is 44.9 Å². The summed E-state index contributed by atoms with van der Waals surface area (Å²) >= 11 is 0. The Labute approximate surface area is 140 Å². The van der Waals surface area contributed by atoms with Crippen LogP contribution < -0.4 is 10.1 Å². The number of rotatable bonds is 3. The molecule has 1 atom stereocenters. The molecule has 1 unspecified atom stereocenters. The number of piperazine rings is 1. The number of nitrogens with zero attached hydrogens (tertiary/aromatic N) is 1. The van der Waals surface area contributed by atoms with E-state index in [-0.39, 0.29) is 11.8 Å². The van der Waals surface area contributed by atoms with E-state index in [1.165, 1.54) is 0 Å². The van der Waals surface area contributed by atoms with Crippen molar-refractivity contribution in [2.24, 2.45) is 0 Å². The number of alkyl halides is 2. The summed E-state index contributed by atoms with van der Waals surface area (Å²) in [5.41, 5.74) is 0.755. The van der Waals surface area contributed by atoms with Gasteiger partial charge >= 0.3 is 12.7 Å². The van der Waals surface area contributed by atoms with E-state index in [4.69, 9.17) is 4.74 Å². The molecule has 1 aliphatic heterocycles. The zero-order valence-electron chi connectivity index (χ0n) is 14.4. The minimum atomic E-state index is -2.88. The highest BCUT2D eigenvalue weighted by molar-refractivity contribution is 5.69. The van der Waals surface area contributed by atoms with Crippen LogP contribution in [0.5, 0.6) is 5.75 Å². The Kier molecular flexibility index (Phi) is 5.64. The fourth-order valence-electron chi connectivity index (χ4n) is 2.59. The van der Waals surface area contributed by atoms with E-state index in [1.807, 2.05) is 26.8 Å². The summed E-state index contributed by atoms with van der Waals surface area (Å²) in [5.74, 6) is 0.122. The Hall–Kier alpha value is -1.89. The van der Waals surface area contributed by atoms with E-state index in [9.17, 15) is 13.6 Å². The van der Waals surface area contributed by atoms with Crippen molar-refractivity contribution < 1.29 is 23.0 Å². The summed E-state index contributed by atoms with van der Waals surface area (Å²) < 4.78 is 35.1. The number of ether oxygens (including phenoxy) is 2. The minimum Gasteiger partial charge on any atom is -0.444 e. The van der Waals surface area contributed by atoms with Crippen LogP contribution in [0.4, 0.5) is 13.6 Å². The molecule has 1 heterocycles. The lowest BCUT2D eigenvalue weighted by atomic mass is 10.0. The van der Waals surface area contributed by atoms with Gasteiger partial charge in [0.25, 0.3) is 0 Å². The first-order chi connectivity index (χ1) is 11.2. The van der Waals surface area contributed by atoms with Gasteiger partial charge in [0.15, 0.2) is 0 Å². The van der Waals surface area contributed by atoms with Crippen molar-refractivity contribution in [2.45, 2.75) is 45.9 Å². The monoisotopic (exact) mass is 342 g/mol. The minimum absolute atomic E-state index is 0.122. The van der Waals surface area contributed by atoms with Crippen molar-refractivity contribution in [3.8, 4) is 5.75 Å². The topological polar surface area (TPSA) is 50.8 Å². The third-order valence-corrected chi connectivity index (χ3v) is 3.68. The van der Waals surface area contributed by atoms with Crippen molar-refractivity contribution in [3.05, 3.63) is 29.3 Å². The molecule has 1 amide bonds. The standard InChI is InChI=1S/C17H24F2N2O3/c1-11-5-6-12(9-14(11)23-15(18)19)13-10-20-7-8-21(13)16(22)24-17(2,3)4/h5-6,9,13,15,20H,7-8,10H2,1-4H3. The maximum atomic E-state index is 12.5. The van der Waals surface area contributed by atoms with E-state index < -0.39 is 18.3 Å². The summed E-state index contributed by atoms with van der Waals surface area (Å²) in [5, 5.41) is 3.22. The number of aryl methyl sites for hydroxylation is 1. The van der Waals surface area contributed by atoms with E-state index in [2.05, 4.69) is 10.1 Å². The molecule has 0 radical (unpaired) electrons. The van der Waals surface area contributed by atoms with E-state index >= 15 is 0 Å². The SMILES string of the molecule is Cc1ccc(C2CNCCN2C(=O)OC(C)(C)C)cc1OC(F)F. The maximum Gasteiger partial charge on any atom is 0.410 e. The Morgan fingerprint density at radius 1 is 1.38 bits per heavy atom. The van der Waals surface area contributed by atoms with Crippen molar-refractivity contribution in [1.82, 2.24) is 10.2 Å². The second-order valence-corrected chi connectivity index (χ2v) is 6.80. The number of amides is 1. The number of halogens is 2. The lowest BCUT2D eigenvalue weighted by molar-refractivity contribution is -0.0504. The molecule has 0 saturated carbocycles. The molecule has 1 aromatic carbocycles. The molecule has 1 fully saturated rings. The predicted octanol–water partition coefficient (Wildman–Crippen LogP) is 3.48. The summed E-state index contributed by atoms with van der Waals surface area (Å²) in [4.78, 5) is 14.1. The highest BCUT2D eigenvalue weighted by atomic mass is 19.3. The first-order valence-electron chi connectivity index (χ1n) is 7.93. The lowest BCUT2D eigenvalue weighted by Crippen LogP contribution is -2.50. The molecule has 24 heavy (non-hydrogen) atoms. The Bertz CT molecular complexity index is 588. The van der Waals surface area contributed by atoms with Crippen LogP contribution in [0.1, 0.15) is 37.9 Å². The van der Waals surface area contributed by atoms with Gasteiger partial charge in [0, 0.05) is 19.6 Å². The molecule has 0 bridgehead atoms. The van der Waals surface area contributed by atoms with Gasteiger partial charge in [-0.1, -0.05) is 12.1 Å². The second-order valence-electron chi connectivity index (χ2n) is 6.80. The first-order valence-corrected chi connectivity index (χ1v) is 7.93. The van der Waals surface area contributed by atoms with Crippen LogP contribution in [0.2, 0.25) is 0 Å². The third-order valence-electron chi connectivity index (χ3n) is 3.68. The normalized spacial score (nSPS) is 18.6. The zero-order chi connectivity index (χ0) is 17.9. The summed E-state index contributed by atoms with van der Waals surface area (Å²) in [6.45, 7) is 5.90. The van der Waals surface area contributed by atoms with Crippen LogP contribution >= 0.6 is 0 Å². The fraction of sp³-hybridized carbons (Fsp3) is 0.588. The highest BCUT2D eigenvalue weighted by Crippen LogP contribution is 2.29. The van der Waals surface area contributed by atoms with Gasteiger partial charge in [-0.3, -0.25) is 4.90 Å². The molecular formula is C17H24F2N2O3. The molecule has 5 nitrogen and oxygen atoms in total. The average molecular weight is 342 g/mol. The quantitative estimate of drug-likeness (QED) is 0.914. The third kappa shape index (κ3) is 4.80. The summed E-state index contributed by atoms with van der Waals surface area (Å²) in [6.07, 6.45) is -0.411. The van der Waals surface area contributed by atoms with E-state index in [0.29, 0.717) is 25.2 Å². The van der Waals surface area contributed by atoms with Crippen LogP contribution in [0, 0.1) is 6.92 Å². The van der Waals surface area contributed by atoms with Gasteiger partial charge in [-0.15, -0.1) is 0 Å². The summed E-state index contributed by atoms with van der Waals surface area (Å²) in [7, 11) is 0. The molecule has 7 heteroatoms. The number of carbonyl (C=O) groups excluding carboxylic acids is 1.